The molecule has 2 aromatic heterocycles. The van der Waals surface area contributed by atoms with Crippen LogP contribution in [0.25, 0.3) is 53.3 Å². The zero-order valence-corrected chi connectivity index (χ0v) is 28.1. The molecule has 2 aliphatic rings. The van der Waals surface area contributed by atoms with Crippen molar-refractivity contribution in [3.63, 3.8) is 0 Å². The molecule has 2 heterocycles. The lowest BCUT2D eigenvalue weighted by molar-refractivity contribution is 0.425. The van der Waals surface area contributed by atoms with Crippen LogP contribution < -0.4 is 5.46 Å². The molecular weight excluding hydrogens is 651 g/mol. The van der Waals surface area contributed by atoms with Crippen LogP contribution in [0.1, 0.15) is 22.3 Å². The van der Waals surface area contributed by atoms with E-state index >= 15 is 0 Å². The minimum atomic E-state index is -1.38. The molecule has 4 nitrogen and oxygen atoms in total. The van der Waals surface area contributed by atoms with Crippen LogP contribution in [0, 0.1) is 0 Å². The first-order chi connectivity index (χ1) is 23.5. The molecule has 2 aliphatic carbocycles. The van der Waals surface area contributed by atoms with Gasteiger partial charge < -0.3 is 10.0 Å². The Morgan fingerprint density at radius 2 is 1.04 bits per heavy atom. The summed E-state index contributed by atoms with van der Waals surface area (Å²) >= 11 is 8.97. The van der Waals surface area contributed by atoms with E-state index in [2.05, 4.69) is 77.8 Å². The number of benzene rings is 6. The van der Waals surface area contributed by atoms with Gasteiger partial charge in [0.2, 0.25) is 0 Å². The van der Waals surface area contributed by atoms with E-state index in [9.17, 15) is 0 Å². The fourth-order valence-electron chi connectivity index (χ4n) is 6.44. The smallest absolute Gasteiger partial charge is 0.423 e. The molecular formula is C40H28BClN2O2S2. The lowest BCUT2D eigenvalue weighted by Gasteiger charge is -2.03. The van der Waals surface area contributed by atoms with Crippen LogP contribution in [0.15, 0.2) is 133 Å². The third-order valence-electron chi connectivity index (χ3n) is 8.72. The van der Waals surface area contributed by atoms with Crippen LogP contribution in [-0.4, -0.2) is 27.1 Å². The Kier molecular flexibility index (Phi) is 8.39. The predicted octanol–water partition coefficient (Wildman–Crippen LogP) is 9.42. The van der Waals surface area contributed by atoms with Crippen LogP contribution in [0.3, 0.4) is 0 Å². The Labute approximate surface area is 291 Å². The van der Waals surface area contributed by atoms with Gasteiger partial charge >= 0.3 is 7.12 Å². The van der Waals surface area contributed by atoms with E-state index in [-0.39, 0.29) is 0 Å². The first-order valence-electron chi connectivity index (χ1n) is 15.7. The maximum atomic E-state index is 9.13. The third-order valence-corrected chi connectivity index (χ3v) is 10.9. The maximum absolute atomic E-state index is 9.13. The highest BCUT2D eigenvalue weighted by atomic mass is 35.5. The number of thiazole rings is 2. The van der Waals surface area contributed by atoms with Gasteiger partial charge in [0.1, 0.15) is 5.01 Å². The molecule has 0 radical (unpaired) electrons. The van der Waals surface area contributed by atoms with Crippen LogP contribution in [0.4, 0.5) is 0 Å². The van der Waals surface area contributed by atoms with Crippen LogP contribution >= 0.6 is 34.3 Å². The van der Waals surface area contributed by atoms with E-state index in [4.69, 9.17) is 26.6 Å². The summed E-state index contributed by atoms with van der Waals surface area (Å²) in [5.74, 6) is 0. The van der Waals surface area contributed by atoms with Crippen molar-refractivity contribution in [1.29, 1.82) is 0 Å². The maximum Gasteiger partial charge on any atom is 0.488 e. The molecule has 0 spiro atoms. The van der Waals surface area contributed by atoms with Crippen molar-refractivity contribution in [2.45, 2.75) is 12.8 Å². The highest BCUT2D eigenvalue weighted by molar-refractivity contribution is 7.22. The van der Waals surface area contributed by atoms with Crippen molar-refractivity contribution >= 4 is 67.3 Å². The number of aromatic nitrogens is 2. The minimum Gasteiger partial charge on any atom is -0.423 e. The van der Waals surface area contributed by atoms with Crippen molar-refractivity contribution in [2.24, 2.45) is 0 Å². The molecule has 2 N–H and O–H groups in total. The van der Waals surface area contributed by atoms with E-state index in [1.807, 2.05) is 54.6 Å². The van der Waals surface area contributed by atoms with Gasteiger partial charge in [-0.05, 0) is 93.1 Å². The second-order valence-electron chi connectivity index (χ2n) is 11.8. The van der Waals surface area contributed by atoms with Crippen LogP contribution in [0.5, 0.6) is 0 Å². The highest BCUT2D eigenvalue weighted by Crippen LogP contribution is 2.40. The second kappa shape index (κ2) is 13.1. The Morgan fingerprint density at radius 1 is 0.521 bits per heavy atom. The van der Waals surface area contributed by atoms with Crippen molar-refractivity contribution in [1.82, 2.24) is 9.97 Å². The number of para-hydroxylation sites is 2. The van der Waals surface area contributed by atoms with Gasteiger partial charge in [0.15, 0.2) is 4.47 Å². The van der Waals surface area contributed by atoms with Crippen molar-refractivity contribution in [3.8, 4) is 32.8 Å². The standard InChI is InChI=1S/C20H13NS.C13H11BO2.C7H4ClNS/c1-2-6-16-13(5-1)11-15-12-14(9-10-17(15)16)20-21-18-7-3-4-8-19(18)22-20;15-14(16)11-5-6-13-10(8-11)7-9-3-1-2-4-12(9)13;8-7-9-5-3-1-2-4-6(5)10-7/h1-10,12H,11H2;1-6,8,15-16H,7H2;1-4H. The second-order valence-corrected chi connectivity index (χ2v) is 14.4. The van der Waals surface area contributed by atoms with Gasteiger partial charge in [0.05, 0.1) is 20.4 Å². The molecule has 0 aliphatic heterocycles. The quantitative estimate of drug-likeness (QED) is 0.179. The normalized spacial score (nSPS) is 11.9. The summed E-state index contributed by atoms with van der Waals surface area (Å²) in [4.78, 5) is 8.87. The molecule has 10 rings (SSSR count). The summed E-state index contributed by atoms with van der Waals surface area (Å²) in [5.41, 5.74) is 14.4. The molecule has 8 heteroatoms. The Bertz CT molecular complexity index is 2370. The van der Waals surface area contributed by atoms with Gasteiger partial charge in [-0.1, -0.05) is 115 Å². The summed E-state index contributed by atoms with van der Waals surface area (Å²) in [7, 11) is -1.38. The zero-order valence-electron chi connectivity index (χ0n) is 25.7. The highest BCUT2D eigenvalue weighted by Gasteiger charge is 2.21. The van der Waals surface area contributed by atoms with Gasteiger partial charge in [-0.3, -0.25) is 0 Å². The van der Waals surface area contributed by atoms with Crippen LogP contribution in [-0.2, 0) is 12.8 Å². The molecule has 6 aromatic carbocycles. The summed E-state index contributed by atoms with van der Waals surface area (Å²) in [6, 6.07) is 45.6. The minimum absolute atomic E-state index is 0.562. The molecule has 0 unspecified atom stereocenters. The molecule has 0 atom stereocenters. The molecule has 0 saturated carbocycles. The fraction of sp³-hybridized carbons (Fsp3) is 0.0500. The SMILES string of the molecule is Clc1nc2ccccc2s1.OB(O)c1ccc2c(c1)Cc1ccccc1-2.c1ccc2c(c1)Cc1cc(-c3nc4ccccc4s3)ccc1-2. The van der Waals surface area contributed by atoms with Gasteiger partial charge in [-0.15, -0.1) is 22.7 Å². The molecule has 0 bridgehead atoms. The third kappa shape index (κ3) is 6.07. The monoisotopic (exact) mass is 678 g/mol. The number of hydrogen-bond acceptors (Lipinski definition) is 6. The van der Waals surface area contributed by atoms with Gasteiger partial charge in [-0.25, -0.2) is 9.97 Å². The average Bonchev–Trinajstić information content (AvgIpc) is 3.89. The molecule has 232 valence electrons. The van der Waals surface area contributed by atoms with E-state index in [1.165, 1.54) is 66.1 Å². The molecule has 48 heavy (non-hydrogen) atoms. The number of hydrogen-bond donors (Lipinski definition) is 2. The van der Waals surface area contributed by atoms with Crippen molar-refractivity contribution in [3.05, 3.63) is 160 Å². The lowest BCUT2D eigenvalue weighted by atomic mass is 9.79. The fourth-order valence-corrected chi connectivity index (χ4v) is 8.44. The van der Waals surface area contributed by atoms with Gasteiger partial charge in [0.25, 0.3) is 0 Å². The predicted molar refractivity (Wildman–Crippen MR) is 202 cm³/mol. The van der Waals surface area contributed by atoms with E-state index < -0.39 is 7.12 Å². The number of fused-ring (bicyclic) bond motifs is 8. The number of rotatable bonds is 2. The average molecular weight is 679 g/mol. The van der Waals surface area contributed by atoms with Crippen LogP contribution in [0.2, 0.25) is 4.47 Å². The Balaban J connectivity index is 0.000000113. The van der Waals surface area contributed by atoms with E-state index in [0.717, 1.165) is 33.6 Å². The summed E-state index contributed by atoms with van der Waals surface area (Å²) in [6.45, 7) is 0. The zero-order chi connectivity index (χ0) is 32.6. The Hall–Kier alpha value is -4.63. The first-order valence-corrected chi connectivity index (χ1v) is 17.7. The summed E-state index contributed by atoms with van der Waals surface area (Å²) < 4.78 is 3.01. The summed E-state index contributed by atoms with van der Waals surface area (Å²) in [6.07, 6.45) is 1.91. The van der Waals surface area contributed by atoms with E-state index in [1.54, 1.807) is 17.4 Å². The largest absolute Gasteiger partial charge is 0.488 e. The molecule has 0 amide bonds. The van der Waals surface area contributed by atoms with E-state index in [0.29, 0.717) is 9.93 Å². The van der Waals surface area contributed by atoms with Crippen molar-refractivity contribution < 1.29 is 10.0 Å². The first kappa shape index (κ1) is 30.7. The number of nitrogens with zero attached hydrogens (tertiary/aromatic N) is 2. The van der Waals surface area contributed by atoms with Crippen molar-refractivity contribution in [2.75, 3.05) is 0 Å². The number of halogens is 1. The molecule has 0 saturated heterocycles. The van der Waals surface area contributed by atoms with Gasteiger partial charge in [-0.2, -0.15) is 0 Å². The van der Waals surface area contributed by atoms with Gasteiger partial charge in [0, 0.05) is 5.56 Å². The summed E-state index contributed by atoms with van der Waals surface area (Å²) in [5, 5.41) is 19.4. The Morgan fingerprint density at radius 3 is 1.67 bits per heavy atom. The lowest BCUT2D eigenvalue weighted by Crippen LogP contribution is -2.29. The molecule has 8 aromatic rings. The molecule has 0 fully saturated rings. The topological polar surface area (TPSA) is 66.2 Å².